The topological polar surface area (TPSA) is 64.3 Å². The number of nitrogens with two attached hydrogens (primary N) is 1. The molecule has 1 aromatic rings. The van der Waals surface area contributed by atoms with Gasteiger partial charge in [0.2, 0.25) is 0 Å². The molecular formula is C17H28N2O2. The third-order valence-electron chi connectivity index (χ3n) is 3.51. The van der Waals surface area contributed by atoms with Gasteiger partial charge >= 0.3 is 0 Å². The number of hydrogen-bond acceptors (Lipinski definition) is 3. The van der Waals surface area contributed by atoms with Crippen LogP contribution in [0.1, 0.15) is 58.1 Å². The van der Waals surface area contributed by atoms with Crippen LogP contribution in [0.2, 0.25) is 0 Å². The predicted molar refractivity (Wildman–Crippen MR) is 86.3 cm³/mol. The molecule has 0 aromatic heterocycles. The third kappa shape index (κ3) is 5.76. The van der Waals surface area contributed by atoms with Crippen molar-refractivity contribution in [2.24, 2.45) is 5.73 Å². The second kappa shape index (κ2) is 9.40. The van der Waals surface area contributed by atoms with E-state index in [0.717, 1.165) is 31.2 Å². The number of rotatable bonds is 9. The summed E-state index contributed by atoms with van der Waals surface area (Å²) in [5.74, 6) is 0.619. The number of carbonyl (C=O) groups excluding carboxylic acids is 1. The van der Waals surface area contributed by atoms with Crippen LogP contribution in [0.25, 0.3) is 0 Å². The Hall–Kier alpha value is -1.55. The van der Waals surface area contributed by atoms with Gasteiger partial charge in [-0.15, -0.1) is 0 Å². The van der Waals surface area contributed by atoms with Gasteiger partial charge in [0, 0.05) is 18.2 Å². The van der Waals surface area contributed by atoms with E-state index >= 15 is 0 Å². The fourth-order valence-electron chi connectivity index (χ4n) is 2.09. The molecule has 0 radical (unpaired) electrons. The molecule has 118 valence electrons. The zero-order valence-corrected chi connectivity index (χ0v) is 13.4. The largest absolute Gasteiger partial charge is 0.481 e. The highest BCUT2D eigenvalue weighted by atomic mass is 16.5. The first-order valence-corrected chi connectivity index (χ1v) is 7.89. The molecule has 2 unspecified atom stereocenters. The number of nitrogens with one attached hydrogen (secondary N) is 1. The molecule has 0 fully saturated rings. The summed E-state index contributed by atoms with van der Waals surface area (Å²) in [4.78, 5) is 12.0. The summed E-state index contributed by atoms with van der Waals surface area (Å²) >= 11 is 0. The maximum Gasteiger partial charge on any atom is 0.260 e. The zero-order valence-electron chi connectivity index (χ0n) is 13.4. The van der Waals surface area contributed by atoms with E-state index in [1.165, 1.54) is 0 Å². The standard InChI is InChI=1S/C17H28N2O2/c1-4-6-9-12-19-17(20)13(3)21-16-11-8-7-10-14(16)15(18)5-2/h7-8,10-11,13,15H,4-6,9,12,18H2,1-3H3,(H,19,20). The highest BCUT2D eigenvalue weighted by molar-refractivity contribution is 5.80. The minimum absolute atomic E-state index is 0.0685. The minimum atomic E-state index is -0.517. The van der Waals surface area contributed by atoms with Gasteiger partial charge in [-0.05, 0) is 25.8 Å². The Labute approximate surface area is 128 Å². The van der Waals surface area contributed by atoms with Gasteiger partial charge in [0.1, 0.15) is 5.75 Å². The van der Waals surface area contributed by atoms with E-state index in [4.69, 9.17) is 10.5 Å². The van der Waals surface area contributed by atoms with Gasteiger partial charge in [0.05, 0.1) is 0 Å². The number of carbonyl (C=O) groups is 1. The average molecular weight is 292 g/mol. The Morgan fingerprint density at radius 1 is 1.29 bits per heavy atom. The van der Waals surface area contributed by atoms with E-state index in [1.807, 2.05) is 31.2 Å². The van der Waals surface area contributed by atoms with Crippen molar-refractivity contribution in [3.8, 4) is 5.75 Å². The maximum atomic E-state index is 12.0. The van der Waals surface area contributed by atoms with Crippen molar-refractivity contribution in [1.82, 2.24) is 5.32 Å². The SMILES string of the molecule is CCCCCNC(=O)C(C)Oc1ccccc1C(N)CC. The molecule has 0 saturated heterocycles. The van der Waals surface area contributed by atoms with E-state index in [0.29, 0.717) is 12.3 Å². The minimum Gasteiger partial charge on any atom is -0.481 e. The van der Waals surface area contributed by atoms with E-state index in [-0.39, 0.29) is 11.9 Å². The Morgan fingerprint density at radius 3 is 2.67 bits per heavy atom. The lowest BCUT2D eigenvalue weighted by Gasteiger charge is -2.19. The molecule has 0 aliphatic carbocycles. The summed E-state index contributed by atoms with van der Waals surface area (Å²) in [6.07, 6.45) is 3.59. The normalized spacial score (nSPS) is 13.5. The fraction of sp³-hybridized carbons (Fsp3) is 0.588. The quantitative estimate of drug-likeness (QED) is 0.687. The molecule has 1 amide bonds. The lowest BCUT2D eigenvalue weighted by Crippen LogP contribution is -2.37. The summed E-state index contributed by atoms with van der Waals surface area (Å²) in [7, 11) is 0. The summed E-state index contributed by atoms with van der Waals surface area (Å²) in [5.41, 5.74) is 7.03. The molecular weight excluding hydrogens is 264 g/mol. The van der Waals surface area contributed by atoms with Crippen LogP contribution in [0, 0.1) is 0 Å². The third-order valence-corrected chi connectivity index (χ3v) is 3.51. The first-order valence-electron chi connectivity index (χ1n) is 7.89. The lowest BCUT2D eigenvalue weighted by molar-refractivity contribution is -0.127. The van der Waals surface area contributed by atoms with Crippen molar-refractivity contribution in [3.63, 3.8) is 0 Å². The van der Waals surface area contributed by atoms with Crippen LogP contribution in [0.4, 0.5) is 0 Å². The first kappa shape index (κ1) is 17.5. The molecule has 0 heterocycles. The van der Waals surface area contributed by atoms with E-state index in [9.17, 15) is 4.79 Å². The number of ether oxygens (including phenoxy) is 1. The van der Waals surface area contributed by atoms with Crippen molar-refractivity contribution in [1.29, 1.82) is 0 Å². The van der Waals surface area contributed by atoms with Gasteiger partial charge in [-0.2, -0.15) is 0 Å². The molecule has 0 aliphatic heterocycles. The van der Waals surface area contributed by atoms with Gasteiger partial charge in [-0.1, -0.05) is 44.9 Å². The summed E-state index contributed by atoms with van der Waals surface area (Å²) < 4.78 is 5.80. The smallest absolute Gasteiger partial charge is 0.260 e. The fourth-order valence-corrected chi connectivity index (χ4v) is 2.09. The highest BCUT2D eigenvalue weighted by Gasteiger charge is 2.17. The van der Waals surface area contributed by atoms with Crippen molar-refractivity contribution in [3.05, 3.63) is 29.8 Å². The number of hydrogen-bond donors (Lipinski definition) is 2. The predicted octanol–water partition coefficient (Wildman–Crippen LogP) is 3.17. The molecule has 3 N–H and O–H groups in total. The molecule has 0 aliphatic rings. The highest BCUT2D eigenvalue weighted by Crippen LogP contribution is 2.26. The second-order valence-corrected chi connectivity index (χ2v) is 5.31. The van der Waals surface area contributed by atoms with Crippen LogP contribution in [-0.4, -0.2) is 18.6 Å². The molecule has 2 atom stereocenters. The van der Waals surface area contributed by atoms with Crippen LogP contribution in [0.3, 0.4) is 0 Å². The Kier molecular flexibility index (Phi) is 7.83. The molecule has 1 rings (SSSR count). The van der Waals surface area contributed by atoms with Crippen molar-refractivity contribution in [2.45, 2.75) is 58.6 Å². The van der Waals surface area contributed by atoms with Crippen molar-refractivity contribution in [2.75, 3.05) is 6.54 Å². The van der Waals surface area contributed by atoms with Crippen LogP contribution in [0.15, 0.2) is 24.3 Å². The van der Waals surface area contributed by atoms with E-state index in [2.05, 4.69) is 12.2 Å². The molecule has 4 nitrogen and oxygen atoms in total. The molecule has 0 spiro atoms. The summed E-state index contributed by atoms with van der Waals surface area (Å²) in [6, 6.07) is 7.59. The summed E-state index contributed by atoms with van der Waals surface area (Å²) in [6.45, 7) is 6.65. The first-order chi connectivity index (χ1) is 10.1. The lowest BCUT2D eigenvalue weighted by atomic mass is 10.0. The van der Waals surface area contributed by atoms with E-state index < -0.39 is 6.10 Å². The Balaban J connectivity index is 2.58. The zero-order chi connectivity index (χ0) is 15.7. The van der Waals surface area contributed by atoms with Crippen LogP contribution < -0.4 is 15.8 Å². The van der Waals surface area contributed by atoms with E-state index in [1.54, 1.807) is 6.92 Å². The van der Waals surface area contributed by atoms with Crippen LogP contribution in [-0.2, 0) is 4.79 Å². The van der Waals surface area contributed by atoms with Crippen LogP contribution in [0.5, 0.6) is 5.75 Å². The van der Waals surface area contributed by atoms with Crippen molar-refractivity contribution < 1.29 is 9.53 Å². The van der Waals surface area contributed by atoms with Crippen LogP contribution >= 0.6 is 0 Å². The van der Waals surface area contributed by atoms with Gasteiger partial charge in [-0.3, -0.25) is 4.79 Å². The number of para-hydroxylation sites is 1. The van der Waals surface area contributed by atoms with Gasteiger partial charge in [-0.25, -0.2) is 0 Å². The number of amides is 1. The molecule has 4 heteroatoms. The molecule has 0 bridgehead atoms. The molecule has 21 heavy (non-hydrogen) atoms. The Morgan fingerprint density at radius 2 is 2.00 bits per heavy atom. The monoisotopic (exact) mass is 292 g/mol. The van der Waals surface area contributed by atoms with Crippen molar-refractivity contribution >= 4 is 5.91 Å². The Bertz CT molecular complexity index is 435. The molecule has 1 aromatic carbocycles. The van der Waals surface area contributed by atoms with Gasteiger partial charge < -0.3 is 15.8 Å². The number of unbranched alkanes of at least 4 members (excludes halogenated alkanes) is 2. The second-order valence-electron chi connectivity index (χ2n) is 5.31. The summed E-state index contributed by atoms with van der Waals surface area (Å²) in [5, 5.41) is 2.90. The average Bonchev–Trinajstić information content (AvgIpc) is 2.51. The number of benzene rings is 1. The maximum absolute atomic E-state index is 12.0. The molecule has 0 saturated carbocycles. The van der Waals surface area contributed by atoms with Gasteiger partial charge in [0.15, 0.2) is 6.10 Å². The van der Waals surface area contributed by atoms with Gasteiger partial charge in [0.25, 0.3) is 5.91 Å².